The predicted octanol–water partition coefficient (Wildman–Crippen LogP) is 17.8. The molecule has 0 saturated carbocycles. The third kappa shape index (κ3) is 51.2. The summed E-state index contributed by atoms with van der Waals surface area (Å²) in [6.07, 6.45) is 69.6. The third-order valence-corrected chi connectivity index (χ3v) is 11.0. The van der Waals surface area contributed by atoms with Gasteiger partial charge in [0.15, 0.2) is 6.10 Å². The monoisotopic (exact) mass is 903 g/mol. The zero-order valence-corrected chi connectivity index (χ0v) is 42.2. The number of ether oxygens (including phenoxy) is 3. The molecule has 0 aliphatic carbocycles. The molecule has 0 aromatic heterocycles. The van der Waals surface area contributed by atoms with Crippen molar-refractivity contribution in [1.82, 2.24) is 0 Å². The van der Waals surface area contributed by atoms with Crippen LogP contribution >= 0.6 is 0 Å². The summed E-state index contributed by atoms with van der Waals surface area (Å²) in [5.74, 6) is -1.02. The normalized spacial score (nSPS) is 12.8. The van der Waals surface area contributed by atoms with Gasteiger partial charge in [-0.1, -0.05) is 195 Å². The highest BCUT2D eigenvalue weighted by Crippen LogP contribution is 2.12. The second kappa shape index (κ2) is 52.9. The summed E-state index contributed by atoms with van der Waals surface area (Å²) in [5, 5.41) is 0. The van der Waals surface area contributed by atoms with Crippen LogP contribution in [0.1, 0.15) is 239 Å². The summed E-state index contributed by atoms with van der Waals surface area (Å²) in [7, 11) is 0. The highest BCUT2D eigenvalue weighted by atomic mass is 16.6. The third-order valence-electron chi connectivity index (χ3n) is 11.0. The highest BCUT2D eigenvalue weighted by molar-refractivity contribution is 5.71. The molecule has 0 heterocycles. The van der Waals surface area contributed by atoms with E-state index in [0.29, 0.717) is 19.3 Å². The second-order valence-electron chi connectivity index (χ2n) is 17.4. The van der Waals surface area contributed by atoms with Gasteiger partial charge in [0.1, 0.15) is 13.2 Å². The van der Waals surface area contributed by atoms with Gasteiger partial charge in [0.05, 0.1) is 0 Å². The standard InChI is InChI=1S/C59H98O6/c1-4-7-10-13-16-19-22-25-28-29-32-34-37-40-43-46-49-52-58(61)64-55-56(65-59(62)53-50-47-44-41-38-35-31-27-24-21-18-15-12-9-6-3)54-63-57(60)51-48-45-42-39-36-33-30-26-23-20-17-14-11-8-5-2/h16-17,19-20,25-28,30-32,34,36,39-40,43,56H,4-15,18,21-24,29,33,35,37-38,41-42,44-55H2,1-3H3/b19-16-,20-17-,28-25-,30-26-,31-27-,34-32-,39-36-,43-40-/t56-/m0/s1. The summed E-state index contributed by atoms with van der Waals surface area (Å²) >= 11 is 0. The smallest absolute Gasteiger partial charge is 0.306 e. The first kappa shape index (κ1) is 61.3. The second-order valence-corrected chi connectivity index (χ2v) is 17.4. The van der Waals surface area contributed by atoms with Gasteiger partial charge in [-0.25, -0.2) is 0 Å². The molecule has 0 rings (SSSR count). The molecule has 0 aliphatic rings. The summed E-state index contributed by atoms with van der Waals surface area (Å²) < 4.78 is 16.7. The molecule has 0 aromatic rings. The topological polar surface area (TPSA) is 78.9 Å². The highest BCUT2D eigenvalue weighted by Gasteiger charge is 2.19. The van der Waals surface area contributed by atoms with E-state index in [1.54, 1.807) is 0 Å². The number of rotatable bonds is 47. The lowest BCUT2D eigenvalue weighted by atomic mass is 10.1. The molecule has 0 unspecified atom stereocenters. The number of esters is 3. The Morgan fingerprint density at radius 2 is 0.569 bits per heavy atom. The molecule has 0 aliphatic heterocycles. The van der Waals surface area contributed by atoms with Crippen molar-refractivity contribution in [3.63, 3.8) is 0 Å². The molecular formula is C59H98O6. The summed E-state index contributed by atoms with van der Waals surface area (Å²) in [5.41, 5.74) is 0. The van der Waals surface area contributed by atoms with Gasteiger partial charge in [0.2, 0.25) is 0 Å². The fourth-order valence-corrected chi connectivity index (χ4v) is 6.96. The van der Waals surface area contributed by atoms with Crippen molar-refractivity contribution in [1.29, 1.82) is 0 Å². The molecule has 0 N–H and O–H groups in total. The van der Waals surface area contributed by atoms with Crippen molar-refractivity contribution >= 4 is 17.9 Å². The van der Waals surface area contributed by atoms with Gasteiger partial charge in [0.25, 0.3) is 0 Å². The van der Waals surface area contributed by atoms with Gasteiger partial charge in [-0.2, -0.15) is 0 Å². The maximum atomic E-state index is 12.8. The van der Waals surface area contributed by atoms with Crippen molar-refractivity contribution in [2.24, 2.45) is 0 Å². The number of hydrogen-bond donors (Lipinski definition) is 0. The van der Waals surface area contributed by atoms with Crippen LogP contribution in [-0.2, 0) is 28.6 Å². The van der Waals surface area contributed by atoms with Gasteiger partial charge in [0, 0.05) is 19.3 Å². The molecule has 6 heteroatoms. The minimum absolute atomic E-state index is 0.118. The molecule has 0 aromatic carbocycles. The van der Waals surface area contributed by atoms with Crippen LogP contribution in [0.15, 0.2) is 97.2 Å². The largest absolute Gasteiger partial charge is 0.462 e. The van der Waals surface area contributed by atoms with E-state index >= 15 is 0 Å². The molecule has 1 atom stereocenters. The van der Waals surface area contributed by atoms with Crippen LogP contribution in [0.3, 0.4) is 0 Å². The Hall–Kier alpha value is -3.67. The fourth-order valence-electron chi connectivity index (χ4n) is 6.96. The average Bonchev–Trinajstić information content (AvgIpc) is 3.30. The number of carbonyl (C=O) groups excluding carboxylic acids is 3. The molecule has 0 bridgehead atoms. The van der Waals surface area contributed by atoms with Gasteiger partial charge in [-0.15, -0.1) is 0 Å². The van der Waals surface area contributed by atoms with Crippen LogP contribution in [-0.4, -0.2) is 37.2 Å². The molecule has 0 amide bonds. The van der Waals surface area contributed by atoms with E-state index in [0.717, 1.165) is 89.9 Å². The number of carbonyl (C=O) groups is 3. The lowest BCUT2D eigenvalue weighted by Gasteiger charge is -2.18. The summed E-state index contributed by atoms with van der Waals surface area (Å²) in [6, 6.07) is 0. The Balaban J connectivity index is 4.55. The quantitative estimate of drug-likeness (QED) is 0.0262. The average molecular weight is 903 g/mol. The Morgan fingerprint density at radius 3 is 1.00 bits per heavy atom. The van der Waals surface area contributed by atoms with E-state index in [1.807, 2.05) is 0 Å². The maximum absolute atomic E-state index is 12.8. The van der Waals surface area contributed by atoms with E-state index in [1.165, 1.54) is 103 Å². The lowest BCUT2D eigenvalue weighted by molar-refractivity contribution is -0.167. The number of unbranched alkanes of at least 4 members (excludes halogenated alkanes) is 20. The van der Waals surface area contributed by atoms with Crippen LogP contribution in [0.5, 0.6) is 0 Å². The van der Waals surface area contributed by atoms with Crippen LogP contribution in [0, 0.1) is 0 Å². The minimum atomic E-state index is -0.820. The molecular weight excluding hydrogens is 805 g/mol. The van der Waals surface area contributed by atoms with E-state index in [9.17, 15) is 14.4 Å². The van der Waals surface area contributed by atoms with E-state index in [2.05, 4.69) is 118 Å². The van der Waals surface area contributed by atoms with Gasteiger partial charge < -0.3 is 14.2 Å². The Bertz CT molecular complexity index is 1310. The summed E-state index contributed by atoms with van der Waals surface area (Å²) in [6.45, 7) is 6.48. The van der Waals surface area contributed by atoms with Crippen LogP contribution in [0.25, 0.3) is 0 Å². The van der Waals surface area contributed by atoms with Crippen molar-refractivity contribution in [3.8, 4) is 0 Å². The molecule has 370 valence electrons. The molecule has 0 saturated heterocycles. The Kier molecular flexibility index (Phi) is 50.0. The first-order chi connectivity index (χ1) is 32.0. The van der Waals surface area contributed by atoms with Crippen LogP contribution < -0.4 is 0 Å². The molecule has 65 heavy (non-hydrogen) atoms. The minimum Gasteiger partial charge on any atom is -0.462 e. The van der Waals surface area contributed by atoms with Crippen LogP contribution in [0.4, 0.5) is 0 Å². The maximum Gasteiger partial charge on any atom is 0.306 e. The zero-order chi connectivity index (χ0) is 47.2. The molecule has 0 fully saturated rings. The van der Waals surface area contributed by atoms with E-state index in [4.69, 9.17) is 14.2 Å². The van der Waals surface area contributed by atoms with Gasteiger partial charge in [-0.05, 0) is 122 Å². The zero-order valence-electron chi connectivity index (χ0n) is 42.2. The number of allylic oxidation sites excluding steroid dienone is 16. The Labute approximate surface area is 400 Å². The van der Waals surface area contributed by atoms with Crippen LogP contribution in [0.2, 0.25) is 0 Å². The van der Waals surface area contributed by atoms with Crippen molar-refractivity contribution in [3.05, 3.63) is 97.2 Å². The van der Waals surface area contributed by atoms with Crippen molar-refractivity contribution in [2.75, 3.05) is 13.2 Å². The van der Waals surface area contributed by atoms with Crippen molar-refractivity contribution < 1.29 is 28.6 Å². The van der Waals surface area contributed by atoms with Gasteiger partial charge >= 0.3 is 17.9 Å². The summed E-state index contributed by atoms with van der Waals surface area (Å²) in [4.78, 5) is 38.0. The molecule has 0 spiro atoms. The first-order valence-corrected chi connectivity index (χ1v) is 26.7. The number of hydrogen-bond acceptors (Lipinski definition) is 6. The Morgan fingerprint density at radius 1 is 0.308 bits per heavy atom. The predicted molar refractivity (Wildman–Crippen MR) is 279 cm³/mol. The molecule has 6 nitrogen and oxygen atoms in total. The fraction of sp³-hybridized carbons (Fsp3) is 0.678. The van der Waals surface area contributed by atoms with Gasteiger partial charge in [-0.3, -0.25) is 14.4 Å². The lowest BCUT2D eigenvalue weighted by Crippen LogP contribution is -2.30. The molecule has 0 radical (unpaired) electrons. The SMILES string of the molecule is CCCCC/C=C\C/C=C\C/C=C\C/C=C\CCCC(=O)OC[C@H](COC(=O)CCCC/C=C\C/C=C\C/C=C\CCCCC)OC(=O)CCCCCCC/C=C\CCCCCCCC. The van der Waals surface area contributed by atoms with Crippen molar-refractivity contribution in [2.45, 2.75) is 245 Å². The first-order valence-electron chi connectivity index (χ1n) is 26.7. The van der Waals surface area contributed by atoms with E-state index in [-0.39, 0.29) is 37.5 Å². The van der Waals surface area contributed by atoms with E-state index < -0.39 is 6.10 Å².